The van der Waals surface area contributed by atoms with E-state index in [-0.39, 0.29) is 11.8 Å². The third-order valence-electron chi connectivity index (χ3n) is 5.71. The second-order valence-electron chi connectivity index (χ2n) is 8.30. The number of anilines is 2. The molecule has 0 aromatic heterocycles. The van der Waals surface area contributed by atoms with Crippen molar-refractivity contribution in [2.75, 3.05) is 24.9 Å². The van der Waals surface area contributed by atoms with Crippen molar-refractivity contribution in [3.8, 4) is 22.6 Å². The van der Waals surface area contributed by atoms with Crippen LogP contribution in [0.3, 0.4) is 0 Å². The lowest BCUT2D eigenvalue weighted by Gasteiger charge is -2.14. The summed E-state index contributed by atoms with van der Waals surface area (Å²) in [5.41, 5.74) is 4.70. The molecule has 0 saturated carbocycles. The van der Waals surface area contributed by atoms with Crippen LogP contribution in [0.4, 0.5) is 11.4 Å². The van der Waals surface area contributed by atoms with Crippen molar-refractivity contribution in [2.24, 2.45) is 0 Å². The monoisotopic (exact) mass is 504 g/mol. The van der Waals surface area contributed by atoms with Gasteiger partial charge in [0.25, 0.3) is 0 Å². The van der Waals surface area contributed by atoms with Gasteiger partial charge in [0.1, 0.15) is 11.5 Å². The molecular formula is C32H28N2O4. The lowest BCUT2D eigenvalue weighted by atomic mass is 10.0. The molecule has 6 nitrogen and oxygen atoms in total. The number of rotatable bonds is 9. The number of nitrogens with one attached hydrogen (secondary N) is 2. The highest BCUT2D eigenvalue weighted by Gasteiger charge is 2.11. The molecule has 0 fully saturated rings. The summed E-state index contributed by atoms with van der Waals surface area (Å²) < 4.78 is 11.1. The van der Waals surface area contributed by atoms with E-state index in [0.29, 0.717) is 22.9 Å². The predicted octanol–water partition coefficient (Wildman–Crippen LogP) is 6.67. The maximum Gasteiger partial charge on any atom is 0.248 e. The maximum atomic E-state index is 12.4. The van der Waals surface area contributed by atoms with Gasteiger partial charge >= 0.3 is 0 Å². The Bertz CT molecular complexity index is 1350. The van der Waals surface area contributed by atoms with Crippen molar-refractivity contribution < 1.29 is 19.1 Å². The minimum atomic E-state index is -0.261. The fourth-order valence-corrected chi connectivity index (χ4v) is 3.77. The number of hydrogen-bond acceptors (Lipinski definition) is 4. The van der Waals surface area contributed by atoms with E-state index < -0.39 is 0 Å². The molecule has 0 saturated heterocycles. The molecule has 0 atom stereocenters. The Morgan fingerprint density at radius 3 is 1.34 bits per heavy atom. The van der Waals surface area contributed by atoms with Gasteiger partial charge in [0.2, 0.25) is 11.8 Å². The molecule has 2 amide bonds. The highest BCUT2D eigenvalue weighted by Crippen LogP contribution is 2.35. The van der Waals surface area contributed by atoms with Gasteiger partial charge in [-0.3, -0.25) is 9.59 Å². The average Bonchev–Trinajstić information content (AvgIpc) is 2.96. The molecule has 0 aliphatic heterocycles. The van der Waals surface area contributed by atoms with Gasteiger partial charge in [-0.15, -0.1) is 0 Å². The van der Waals surface area contributed by atoms with Crippen LogP contribution in [-0.2, 0) is 9.59 Å². The van der Waals surface area contributed by atoms with Crippen molar-refractivity contribution in [2.45, 2.75) is 0 Å². The van der Waals surface area contributed by atoms with Crippen LogP contribution < -0.4 is 20.1 Å². The third-order valence-corrected chi connectivity index (χ3v) is 5.71. The topological polar surface area (TPSA) is 76.7 Å². The number of amides is 2. The first-order chi connectivity index (χ1) is 18.6. The molecule has 0 unspecified atom stereocenters. The van der Waals surface area contributed by atoms with E-state index in [4.69, 9.17) is 9.47 Å². The Morgan fingerprint density at radius 2 is 0.974 bits per heavy atom. The number of carbonyl (C=O) groups excluding carboxylic acids is 2. The predicted molar refractivity (Wildman–Crippen MR) is 153 cm³/mol. The zero-order valence-corrected chi connectivity index (χ0v) is 21.2. The van der Waals surface area contributed by atoms with Crippen LogP contribution >= 0.6 is 0 Å². The summed E-state index contributed by atoms with van der Waals surface area (Å²) in [6, 6.07) is 30.2. The summed E-state index contributed by atoms with van der Waals surface area (Å²) in [5, 5.41) is 5.72. The van der Waals surface area contributed by atoms with Gasteiger partial charge in [-0.2, -0.15) is 0 Å². The van der Waals surface area contributed by atoms with Crippen molar-refractivity contribution in [3.05, 3.63) is 120 Å². The first-order valence-electron chi connectivity index (χ1n) is 12.0. The van der Waals surface area contributed by atoms with Crippen LogP contribution in [0.5, 0.6) is 11.5 Å². The molecular weight excluding hydrogens is 476 g/mol. The van der Waals surface area contributed by atoms with Gasteiger partial charge in [0.15, 0.2) is 0 Å². The van der Waals surface area contributed by atoms with Gasteiger partial charge in [0.05, 0.1) is 25.6 Å². The summed E-state index contributed by atoms with van der Waals surface area (Å²) in [4.78, 5) is 24.9. The van der Waals surface area contributed by atoms with Gasteiger partial charge in [-0.25, -0.2) is 0 Å². The van der Waals surface area contributed by atoms with Crippen LogP contribution in [0.15, 0.2) is 109 Å². The maximum absolute atomic E-state index is 12.4. The SMILES string of the molecule is COc1cc(-c2ccc(NC(=O)/C=C/c3ccccc3)c(OC)c2)ccc1NC(=O)/C=C/c1ccccc1. The van der Waals surface area contributed by atoms with E-state index in [1.165, 1.54) is 12.2 Å². The van der Waals surface area contributed by atoms with E-state index >= 15 is 0 Å². The summed E-state index contributed by atoms with van der Waals surface area (Å²) in [7, 11) is 3.10. The largest absolute Gasteiger partial charge is 0.495 e. The number of benzene rings is 4. The van der Waals surface area contributed by atoms with Gasteiger partial charge < -0.3 is 20.1 Å². The normalized spacial score (nSPS) is 10.9. The Hall–Kier alpha value is -5.10. The van der Waals surface area contributed by atoms with E-state index in [1.54, 1.807) is 38.5 Å². The van der Waals surface area contributed by atoms with Crippen LogP contribution in [0.25, 0.3) is 23.3 Å². The zero-order valence-electron chi connectivity index (χ0n) is 21.2. The molecule has 38 heavy (non-hydrogen) atoms. The minimum Gasteiger partial charge on any atom is -0.495 e. The fraction of sp³-hybridized carbons (Fsp3) is 0.0625. The summed E-state index contributed by atoms with van der Waals surface area (Å²) in [6.45, 7) is 0. The molecule has 190 valence electrons. The molecule has 0 aliphatic rings. The average molecular weight is 505 g/mol. The van der Waals surface area contributed by atoms with Crippen molar-refractivity contribution in [1.82, 2.24) is 0 Å². The summed E-state index contributed by atoms with van der Waals surface area (Å²) in [5.74, 6) is 0.517. The second-order valence-corrected chi connectivity index (χ2v) is 8.30. The first-order valence-corrected chi connectivity index (χ1v) is 12.0. The Kier molecular flexibility index (Phi) is 8.71. The number of carbonyl (C=O) groups is 2. The number of methoxy groups -OCH3 is 2. The number of hydrogen-bond donors (Lipinski definition) is 2. The summed E-state index contributed by atoms with van der Waals surface area (Å²) in [6.07, 6.45) is 6.46. The highest BCUT2D eigenvalue weighted by molar-refractivity contribution is 6.04. The minimum absolute atomic E-state index is 0.261. The zero-order chi connectivity index (χ0) is 26.7. The summed E-state index contributed by atoms with van der Waals surface area (Å²) >= 11 is 0. The molecule has 2 N–H and O–H groups in total. The fourth-order valence-electron chi connectivity index (χ4n) is 3.77. The van der Waals surface area contributed by atoms with E-state index in [2.05, 4.69) is 10.6 Å². The lowest BCUT2D eigenvalue weighted by molar-refractivity contribution is -0.112. The van der Waals surface area contributed by atoms with E-state index in [0.717, 1.165) is 22.3 Å². The van der Waals surface area contributed by atoms with Crippen LogP contribution in [-0.4, -0.2) is 26.0 Å². The Balaban J connectivity index is 1.47. The van der Waals surface area contributed by atoms with Gasteiger partial charge in [-0.1, -0.05) is 72.8 Å². The molecule has 4 aromatic rings. The smallest absolute Gasteiger partial charge is 0.248 e. The van der Waals surface area contributed by atoms with Crippen molar-refractivity contribution in [1.29, 1.82) is 0 Å². The Labute approximate surface area is 222 Å². The molecule has 0 aliphatic carbocycles. The van der Waals surface area contributed by atoms with Crippen LogP contribution in [0.2, 0.25) is 0 Å². The highest BCUT2D eigenvalue weighted by atomic mass is 16.5. The van der Waals surface area contributed by atoms with E-state index in [1.807, 2.05) is 84.9 Å². The lowest BCUT2D eigenvalue weighted by Crippen LogP contribution is -2.09. The third kappa shape index (κ3) is 6.98. The van der Waals surface area contributed by atoms with E-state index in [9.17, 15) is 9.59 Å². The Morgan fingerprint density at radius 1 is 0.579 bits per heavy atom. The number of ether oxygens (including phenoxy) is 2. The van der Waals surface area contributed by atoms with Gasteiger partial charge in [0, 0.05) is 12.2 Å². The molecule has 0 bridgehead atoms. The quantitative estimate of drug-likeness (QED) is 0.250. The first kappa shape index (κ1) is 26.0. The molecule has 0 spiro atoms. The second kappa shape index (κ2) is 12.7. The van der Waals surface area contributed by atoms with Crippen LogP contribution in [0.1, 0.15) is 11.1 Å². The molecule has 0 heterocycles. The van der Waals surface area contributed by atoms with Gasteiger partial charge in [-0.05, 0) is 58.7 Å². The van der Waals surface area contributed by atoms with Crippen LogP contribution in [0, 0.1) is 0 Å². The van der Waals surface area contributed by atoms with Crippen molar-refractivity contribution >= 4 is 35.3 Å². The molecule has 4 rings (SSSR count). The molecule has 4 aromatic carbocycles. The standard InChI is InChI=1S/C32H28N2O4/c1-37-29-21-25(15-17-27(29)33-31(35)19-13-23-9-5-3-6-10-23)26-16-18-28(30(22-26)38-2)34-32(36)20-14-24-11-7-4-8-12-24/h3-22H,1-2H3,(H,33,35)(H,34,36)/b19-13+,20-14+. The molecule has 0 radical (unpaired) electrons. The molecule has 6 heteroatoms. The van der Waals surface area contributed by atoms with Crippen molar-refractivity contribution in [3.63, 3.8) is 0 Å².